The highest BCUT2D eigenvalue weighted by atomic mass is 32.1. The van der Waals surface area contributed by atoms with Crippen molar-refractivity contribution in [2.45, 2.75) is 5.75 Å². The first-order valence-corrected chi connectivity index (χ1v) is 5.36. The molecule has 0 aliphatic carbocycles. The van der Waals surface area contributed by atoms with Gasteiger partial charge in [0.2, 0.25) is 0 Å². The Bertz CT molecular complexity index is 498. The molecule has 84 valence electrons. The summed E-state index contributed by atoms with van der Waals surface area (Å²) in [6, 6.07) is 4.78. The van der Waals surface area contributed by atoms with Crippen molar-refractivity contribution in [3.63, 3.8) is 0 Å². The minimum Gasteiger partial charge on any atom is -0.494 e. The molecule has 5 heteroatoms. The van der Waals surface area contributed by atoms with Crippen molar-refractivity contribution in [2.24, 2.45) is 0 Å². The van der Waals surface area contributed by atoms with Crippen LogP contribution in [0.1, 0.15) is 5.82 Å². The molecule has 2 rings (SSSR count). The minimum atomic E-state index is -0.387. The van der Waals surface area contributed by atoms with E-state index in [-0.39, 0.29) is 11.6 Å². The summed E-state index contributed by atoms with van der Waals surface area (Å²) in [4.78, 5) is 7.15. The highest BCUT2D eigenvalue weighted by Crippen LogP contribution is 2.24. The Kier molecular flexibility index (Phi) is 3.14. The summed E-state index contributed by atoms with van der Waals surface area (Å²) in [6.07, 6.45) is 1.66. The van der Waals surface area contributed by atoms with Gasteiger partial charge in [-0.3, -0.25) is 0 Å². The number of aromatic amines is 1. The molecular weight excluding hydrogens is 227 g/mol. The SMILES string of the molecule is COc1ccc(-c2cnc(CS)[nH]2)cc1F. The molecule has 0 aliphatic heterocycles. The first-order chi connectivity index (χ1) is 7.74. The number of hydrogen-bond donors (Lipinski definition) is 2. The number of methoxy groups -OCH3 is 1. The molecule has 0 atom stereocenters. The van der Waals surface area contributed by atoms with Crippen LogP contribution in [0, 0.1) is 5.82 Å². The Morgan fingerprint density at radius 1 is 1.50 bits per heavy atom. The lowest BCUT2D eigenvalue weighted by Gasteiger charge is -2.03. The number of thiol groups is 1. The summed E-state index contributed by atoms with van der Waals surface area (Å²) >= 11 is 4.10. The van der Waals surface area contributed by atoms with Gasteiger partial charge in [-0.1, -0.05) is 0 Å². The van der Waals surface area contributed by atoms with E-state index in [1.165, 1.54) is 13.2 Å². The number of hydrogen-bond acceptors (Lipinski definition) is 3. The zero-order valence-corrected chi connectivity index (χ0v) is 9.59. The monoisotopic (exact) mass is 238 g/mol. The number of halogens is 1. The molecule has 0 saturated heterocycles. The zero-order chi connectivity index (χ0) is 11.5. The zero-order valence-electron chi connectivity index (χ0n) is 8.70. The average Bonchev–Trinajstić information content (AvgIpc) is 2.77. The van der Waals surface area contributed by atoms with E-state index in [9.17, 15) is 4.39 Å². The van der Waals surface area contributed by atoms with Crippen LogP contribution in [0.15, 0.2) is 24.4 Å². The van der Waals surface area contributed by atoms with Crippen molar-refractivity contribution >= 4 is 12.6 Å². The van der Waals surface area contributed by atoms with Crippen molar-refractivity contribution in [3.05, 3.63) is 36.0 Å². The number of imidazole rings is 1. The molecule has 0 saturated carbocycles. The molecule has 1 aromatic carbocycles. The maximum atomic E-state index is 13.5. The van der Waals surface area contributed by atoms with Crippen LogP contribution < -0.4 is 4.74 Å². The molecule has 2 aromatic rings. The molecule has 16 heavy (non-hydrogen) atoms. The molecule has 0 amide bonds. The van der Waals surface area contributed by atoms with E-state index in [0.29, 0.717) is 5.75 Å². The Labute approximate surface area is 98.1 Å². The maximum absolute atomic E-state index is 13.5. The van der Waals surface area contributed by atoms with Gasteiger partial charge >= 0.3 is 0 Å². The smallest absolute Gasteiger partial charge is 0.165 e. The third-order valence-electron chi connectivity index (χ3n) is 2.24. The summed E-state index contributed by atoms with van der Waals surface area (Å²) in [6.45, 7) is 0. The van der Waals surface area contributed by atoms with E-state index < -0.39 is 0 Å². The van der Waals surface area contributed by atoms with E-state index in [1.807, 2.05) is 0 Å². The predicted molar refractivity (Wildman–Crippen MR) is 63.2 cm³/mol. The van der Waals surface area contributed by atoms with Crippen LogP contribution in [-0.2, 0) is 5.75 Å². The van der Waals surface area contributed by atoms with E-state index >= 15 is 0 Å². The number of rotatable bonds is 3. The standard InChI is InChI=1S/C11H11FN2OS/c1-15-10-3-2-7(4-8(10)12)9-5-13-11(6-16)14-9/h2-5,16H,6H2,1H3,(H,13,14). The Balaban J connectivity index is 2.37. The fourth-order valence-corrected chi connectivity index (χ4v) is 1.58. The number of aromatic nitrogens is 2. The summed E-state index contributed by atoms with van der Waals surface area (Å²) in [5.41, 5.74) is 1.50. The lowest BCUT2D eigenvalue weighted by molar-refractivity contribution is 0.386. The first-order valence-electron chi connectivity index (χ1n) is 4.73. The van der Waals surface area contributed by atoms with E-state index in [2.05, 4.69) is 22.6 Å². The highest BCUT2D eigenvalue weighted by Gasteiger charge is 2.07. The maximum Gasteiger partial charge on any atom is 0.165 e. The van der Waals surface area contributed by atoms with Gasteiger partial charge in [0.1, 0.15) is 5.82 Å². The quantitative estimate of drug-likeness (QED) is 0.807. The molecule has 0 spiro atoms. The second-order valence-corrected chi connectivity index (χ2v) is 3.57. The van der Waals surface area contributed by atoms with Gasteiger partial charge in [0.25, 0.3) is 0 Å². The van der Waals surface area contributed by atoms with Crippen molar-refractivity contribution in [2.75, 3.05) is 7.11 Å². The molecule has 0 radical (unpaired) electrons. The van der Waals surface area contributed by atoms with Crippen LogP contribution in [0.3, 0.4) is 0 Å². The van der Waals surface area contributed by atoms with Gasteiger partial charge in [0, 0.05) is 11.3 Å². The molecule has 0 fully saturated rings. The number of benzene rings is 1. The number of nitrogens with zero attached hydrogens (tertiary/aromatic N) is 1. The van der Waals surface area contributed by atoms with Gasteiger partial charge in [-0.15, -0.1) is 0 Å². The summed E-state index contributed by atoms with van der Waals surface area (Å²) in [5.74, 6) is 1.13. The molecule has 0 unspecified atom stereocenters. The summed E-state index contributed by atoms with van der Waals surface area (Å²) in [5, 5.41) is 0. The summed E-state index contributed by atoms with van der Waals surface area (Å²) < 4.78 is 18.3. The molecule has 3 nitrogen and oxygen atoms in total. The third kappa shape index (κ3) is 2.04. The van der Waals surface area contributed by atoms with E-state index in [4.69, 9.17) is 4.74 Å². The molecule has 1 N–H and O–H groups in total. The van der Waals surface area contributed by atoms with Crippen LogP contribution in [0.5, 0.6) is 5.75 Å². The number of H-pyrrole nitrogens is 1. The van der Waals surface area contributed by atoms with Crippen LogP contribution >= 0.6 is 12.6 Å². The van der Waals surface area contributed by atoms with Crippen LogP contribution in [0.25, 0.3) is 11.3 Å². The fourth-order valence-electron chi connectivity index (χ4n) is 1.42. The molecular formula is C11H11FN2OS. The minimum absolute atomic E-state index is 0.234. The predicted octanol–water partition coefficient (Wildman–Crippen LogP) is 2.65. The van der Waals surface area contributed by atoms with E-state index in [1.54, 1.807) is 18.3 Å². The molecule has 0 bridgehead atoms. The number of nitrogens with one attached hydrogen (secondary N) is 1. The average molecular weight is 238 g/mol. The first kappa shape index (κ1) is 11.0. The normalized spacial score (nSPS) is 10.4. The molecule has 1 heterocycles. The topological polar surface area (TPSA) is 37.9 Å². The van der Waals surface area contributed by atoms with Gasteiger partial charge in [0.05, 0.1) is 19.0 Å². The molecule has 1 aromatic heterocycles. The fraction of sp³-hybridized carbons (Fsp3) is 0.182. The third-order valence-corrected chi connectivity index (χ3v) is 2.54. The van der Waals surface area contributed by atoms with Gasteiger partial charge in [-0.05, 0) is 18.2 Å². The van der Waals surface area contributed by atoms with Gasteiger partial charge in [-0.2, -0.15) is 12.6 Å². The molecule has 0 aliphatic rings. The highest BCUT2D eigenvalue weighted by molar-refractivity contribution is 7.79. The van der Waals surface area contributed by atoms with Gasteiger partial charge in [-0.25, -0.2) is 9.37 Å². The second-order valence-electron chi connectivity index (χ2n) is 3.25. The lowest BCUT2D eigenvalue weighted by Crippen LogP contribution is -1.88. The van der Waals surface area contributed by atoms with Crippen molar-refractivity contribution in [1.82, 2.24) is 9.97 Å². The van der Waals surface area contributed by atoms with Crippen molar-refractivity contribution in [3.8, 4) is 17.0 Å². The number of ether oxygens (including phenoxy) is 1. The van der Waals surface area contributed by atoms with Crippen LogP contribution in [0.4, 0.5) is 4.39 Å². The van der Waals surface area contributed by atoms with Crippen molar-refractivity contribution in [1.29, 1.82) is 0 Å². The van der Waals surface area contributed by atoms with Crippen molar-refractivity contribution < 1.29 is 9.13 Å². The Morgan fingerprint density at radius 2 is 2.31 bits per heavy atom. The largest absolute Gasteiger partial charge is 0.494 e. The Hall–Kier alpha value is -1.49. The second kappa shape index (κ2) is 4.57. The lowest BCUT2D eigenvalue weighted by atomic mass is 10.1. The van der Waals surface area contributed by atoms with Crippen LogP contribution in [-0.4, -0.2) is 17.1 Å². The summed E-state index contributed by atoms with van der Waals surface area (Å²) in [7, 11) is 1.44. The van der Waals surface area contributed by atoms with E-state index in [0.717, 1.165) is 17.1 Å². The van der Waals surface area contributed by atoms with Gasteiger partial charge in [0.15, 0.2) is 11.6 Å². The Morgan fingerprint density at radius 3 is 2.88 bits per heavy atom. The van der Waals surface area contributed by atoms with Gasteiger partial charge < -0.3 is 9.72 Å². The van der Waals surface area contributed by atoms with Crippen LogP contribution in [0.2, 0.25) is 0 Å².